The van der Waals surface area contributed by atoms with Crippen LogP contribution in [-0.2, 0) is 16.3 Å². The Kier molecular flexibility index (Phi) is 10.0. The molecule has 3 fully saturated rings. The smallest absolute Gasteiger partial charge is 0.254 e. The number of sulfone groups is 1. The second-order valence-corrected chi connectivity index (χ2v) is 15.8. The third-order valence-corrected chi connectivity index (χ3v) is 12.4. The van der Waals surface area contributed by atoms with Crippen molar-refractivity contribution in [1.29, 1.82) is 0 Å². The number of likely N-dealkylation sites (tertiary alicyclic amines) is 1. The molecule has 2 amide bonds. The van der Waals surface area contributed by atoms with Crippen LogP contribution >= 0.6 is 11.3 Å². The fourth-order valence-electron chi connectivity index (χ4n) is 6.87. The Bertz CT molecular complexity index is 1730. The molecule has 0 saturated carbocycles. The Morgan fingerprint density at radius 3 is 2.53 bits per heavy atom. The molecule has 3 aromatic rings. The fourth-order valence-corrected chi connectivity index (χ4v) is 9.45. The number of aromatic nitrogens is 1. The van der Waals surface area contributed by atoms with Gasteiger partial charge in [0.25, 0.3) is 11.8 Å². The standard InChI is InChI=1S/C33H39F2N5O5S2/c1-19-18-46-32(38-19)28-5-3-8-40(28)33(43)23-14-21(29-17-36-7-9-47(29,44)45)13-22(15-23)31(42)39-27(30(41)26-4-2-6-37-26)12-20-10-24(34)16-25(35)11-20/h10-11,13-16,18,26-30,36-37,41H,2-9,12,17H2,1H3,(H,39,42)/t26-,27+,28-,29?,30+/m1/s1. The highest BCUT2D eigenvalue weighted by Gasteiger charge is 2.36. The molecule has 6 rings (SSSR count). The second kappa shape index (κ2) is 14.0. The van der Waals surface area contributed by atoms with Gasteiger partial charge in [-0.1, -0.05) is 0 Å². The summed E-state index contributed by atoms with van der Waals surface area (Å²) >= 11 is 1.49. The summed E-state index contributed by atoms with van der Waals surface area (Å²) < 4.78 is 54.5. The maximum absolute atomic E-state index is 14.1. The van der Waals surface area contributed by atoms with Crippen LogP contribution in [0.3, 0.4) is 0 Å². The van der Waals surface area contributed by atoms with Crippen LogP contribution in [-0.4, -0.2) is 85.3 Å². The van der Waals surface area contributed by atoms with Gasteiger partial charge in [0.2, 0.25) is 0 Å². The van der Waals surface area contributed by atoms with Crippen molar-refractivity contribution in [3.05, 3.63) is 86.4 Å². The van der Waals surface area contributed by atoms with Gasteiger partial charge in [0.15, 0.2) is 9.84 Å². The molecule has 47 heavy (non-hydrogen) atoms. The summed E-state index contributed by atoms with van der Waals surface area (Å²) in [6, 6.07) is 6.04. The minimum atomic E-state index is -3.57. The van der Waals surface area contributed by atoms with Gasteiger partial charge in [-0.25, -0.2) is 22.2 Å². The van der Waals surface area contributed by atoms with E-state index in [4.69, 9.17) is 0 Å². The van der Waals surface area contributed by atoms with Crippen molar-refractivity contribution in [2.75, 3.05) is 31.9 Å². The Labute approximate surface area is 276 Å². The van der Waals surface area contributed by atoms with E-state index in [2.05, 4.69) is 20.9 Å². The molecule has 252 valence electrons. The molecule has 0 spiro atoms. The number of rotatable bonds is 9. The van der Waals surface area contributed by atoms with Gasteiger partial charge < -0.3 is 26.0 Å². The maximum atomic E-state index is 14.1. The van der Waals surface area contributed by atoms with Gasteiger partial charge >= 0.3 is 0 Å². The molecule has 5 atom stereocenters. The van der Waals surface area contributed by atoms with E-state index < -0.39 is 44.8 Å². The van der Waals surface area contributed by atoms with Crippen molar-refractivity contribution >= 4 is 33.0 Å². The third kappa shape index (κ3) is 7.56. The van der Waals surface area contributed by atoms with E-state index in [1.807, 2.05) is 12.3 Å². The predicted molar refractivity (Wildman–Crippen MR) is 174 cm³/mol. The molecule has 14 heteroatoms. The molecular formula is C33H39F2N5O5S2. The Morgan fingerprint density at radius 1 is 1.09 bits per heavy atom. The van der Waals surface area contributed by atoms with E-state index in [9.17, 15) is 31.9 Å². The lowest BCUT2D eigenvalue weighted by Gasteiger charge is -2.29. The highest BCUT2D eigenvalue weighted by Crippen LogP contribution is 2.36. The van der Waals surface area contributed by atoms with Gasteiger partial charge in [0.1, 0.15) is 16.6 Å². The quantitative estimate of drug-likeness (QED) is 0.269. The van der Waals surface area contributed by atoms with Crippen molar-refractivity contribution in [3.8, 4) is 0 Å². The molecule has 4 heterocycles. The largest absolute Gasteiger partial charge is 0.389 e. The first-order chi connectivity index (χ1) is 22.5. The van der Waals surface area contributed by atoms with Crippen LogP contribution in [0.4, 0.5) is 8.78 Å². The molecule has 3 saturated heterocycles. The van der Waals surface area contributed by atoms with Crippen LogP contribution in [0.15, 0.2) is 41.8 Å². The van der Waals surface area contributed by atoms with Gasteiger partial charge in [0, 0.05) is 53.9 Å². The lowest BCUT2D eigenvalue weighted by molar-refractivity contribution is 0.0733. The number of aryl methyl sites for hydroxylation is 1. The van der Waals surface area contributed by atoms with Crippen LogP contribution in [0.2, 0.25) is 0 Å². The van der Waals surface area contributed by atoms with E-state index in [-0.39, 0.29) is 53.4 Å². The van der Waals surface area contributed by atoms with Gasteiger partial charge in [-0.15, -0.1) is 11.3 Å². The van der Waals surface area contributed by atoms with Gasteiger partial charge in [-0.05, 0) is 87.0 Å². The minimum absolute atomic E-state index is 0.0504. The van der Waals surface area contributed by atoms with E-state index in [1.54, 1.807) is 11.0 Å². The summed E-state index contributed by atoms with van der Waals surface area (Å²) in [5.74, 6) is -2.61. The van der Waals surface area contributed by atoms with Crippen molar-refractivity contribution < 1.29 is 31.9 Å². The number of amides is 2. The first-order valence-electron chi connectivity index (χ1n) is 16.0. The van der Waals surface area contributed by atoms with Crippen molar-refractivity contribution in [1.82, 2.24) is 25.8 Å². The number of nitrogens with zero attached hydrogens (tertiary/aromatic N) is 2. The third-order valence-electron chi connectivity index (χ3n) is 9.22. The van der Waals surface area contributed by atoms with Crippen LogP contribution in [0, 0.1) is 18.6 Å². The number of hydrogen-bond donors (Lipinski definition) is 4. The first kappa shape index (κ1) is 33.6. The number of nitrogens with one attached hydrogen (secondary N) is 3. The monoisotopic (exact) mass is 687 g/mol. The highest BCUT2D eigenvalue weighted by molar-refractivity contribution is 7.91. The number of aliphatic hydroxyl groups excluding tert-OH is 1. The van der Waals surface area contributed by atoms with E-state index in [0.29, 0.717) is 31.6 Å². The average Bonchev–Trinajstić information content (AvgIpc) is 3.81. The molecule has 0 bridgehead atoms. The molecule has 0 aliphatic carbocycles. The molecule has 4 N–H and O–H groups in total. The summed E-state index contributed by atoms with van der Waals surface area (Å²) in [6.45, 7) is 3.51. The summed E-state index contributed by atoms with van der Waals surface area (Å²) in [4.78, 5) is 34.4. The van der Waals surface area contributed by atoms with Crippen molar-refractivity contribution in [2.24, 2.45) is 0 Å². The number of carbonyl (C=O) groups is 2. The summed E-state index contributed by atoms with van der Waals surface area (Å²) in [5, 5.41) is 22.3. The summed E-state index contributed by atoms with van der Waals surface area (Å²) in [5.41, 5.74) is 1.66. The lowest BCUT2D eigenvalue weighted by Crippen LogP contribution is -2.52. The van der Waals surface area contributed by atoms with Crippen LogP contribution in [0.25, 0.3) is 0 Å². The predicted octanol–water partition coefficient (Wildman–Crippen LogP) is 3.22. The number of thiazole rings is 1. The second-order valence-electron chi connectivity index (χ2n) is 12.6. The minimum Gasteiger partial charge on any atom is -0.389 e. The number of benzene rings is 2. The maximum Gasteiger partial charge on any atom is 0.254 e. The molecule has 1 aromatic heterocycles. The number of aliphatic hydroxyl groups is 1. The Hall–Kier alpha value is -3.30. The van der Waals surface area contributed by atoms with Crippen molar-refractivity contribution in [2.45, 2.75) is 68.5 Å². The van der Waals surface area contributed by atoms with E-state index >= 15 is 0 Å². The summed E-state index contributed by atoms with van der Waals surface area (Å²) in [7, 11) is -3.57. The zero-order valence-corrected chi connectivity index (χ0v) is 27.7. The van der Waals surface area contributed by atoms with E-state index in [0.717, 1.165) is 48.2 Å². The van der Waals surface area contributed by atoms with Gasteiger partial charge in [-0.2, -0.15) is 0 Å². The summed E-state index contributed by atoms with van der Waals surface area (Å²) in [6.07, 6.45) is 1.84. The molecule has 3 aliphatic heterocycles. The normalized spacial score (nSPS) is 23.8. The zero-order chi connectivity index (χ0) is 33.3. The Morgan fingerprint density at radius 2 is 1.85 bits per heavy atom. The fraction of sp³-hybridized carbons (Fsp3) is 0.485. The number of hydrogen-bond acceptors (Lipinski definition) is 9. The lowest BCUT2D eigenvalue weighted by atomic mass is 9.94. The zero-order valence-electron chi connectivity index (χ0n) is 26.0. The molecular weight excluding hydrogens is 649 g/mol. The molecule has 10 nitrogen and oxygen atoms in total. The average molecular weight is 688 g/mol. The van der Waals surface area contributed by atoms with E-state index in [1.165, 1.54) is 23.5 Å². The van der Waals surface area contributed by atoms with Crippen LogP contribution in [0.1, 0.15) is 79.5 Å². The molecule has 2 aromatic carbocycles. The molecule has 3 aliphatic rings. The van der Waals surface area contributed by atoms with Crippen LogP contribution in [0.5, 0.6) is 0 Å². The number of carbonyl (C=O) groups excluding carboxylic acids is 2. The topological polar surface area (TPSA) is 141 Å². The first-order valence-corrected chi connectivity index (χ1v) is 18.6. The number of halogens is 2. The van der Waals surface area contributed by atoms with Crippen LogP contribution < -0.4 is 16.0 Å². The van der Waals surface area contributed by atoms with Gasteiger partial charge in [-0.3, -0.25) is 9.59 Å². The van der Waals surface area contributed by atoms with Crippen molar-refractivity contribution in [3.63, 3.8) is 0 Å². The highest BCUT2D eigenvalue weighted by atomic mass is 32.2. The molecule has 0 radical (unpaired) electrons. The van der Waals surface area contributed by atoms with Gasteiger partial charge in [0.05, 0.1) is 29.2 Å². The molecule has 1 unspecified atom stereocenters. The Balaban J connectivity index is 1.35. The SMILES string of the molecule is Cc1csc([C@H]2CCCN2C(=O)c2cc(C(=O)N[C@@H](Cc3cc(F)cc(F)c3)[C@@H](O)[C@H]3CCCN3)cc(C3CNCCS3(=O)=O)c2)n1.